The Labute approximate surface area is 88.7 Å². The average molecular weight is 206 g/mol. The van der Waals surface area contributed by atoms with Gasteiger partial charge in [-0.2, -0.15) is 0 Å². The van der Waals surface area contributed by atoms with Crippen LogP contribution in [0.3, 0.4) is 0 Å². The Kier molecular flexibility index (Phi) is 4.03. The molecule has 0 fully saturated rings. The highest BCUT2D eigenvalue weighted by Gasteiger charge is 2.02. The van der Waals surface area contributed by atoms with Crippen LogP contribution in [0.4, 0.5) is 0 Å². The Morgan fingerprint density at radius 1 is 1.07 bits per heavy atom. The molecule has 0 bridgehead atoms. The quantitative estimate of drug-likeness (QED) is 0.799. The van der Waals surface area contributed by atoms with Crippen LogP contribution in [-0.2, 0) is 22.4 Å². The molecule has 1 aromatic rings. The monoisotopic (exact) mass is 206 g/mol. The van der Waals surface area contributed by atoms with E-state index in [9.17, 15) is 9.59 Å². The zero-order valence-corrected chi connectivity index (χ0v) is 8.69. The van der Waals surface area contributed by atoms with Crippen LogP contribution in [-0.4, -0.2) is 16.9 Å². The van der Waals surface area contributed by atoms with Crippen LogP contribution in [0.2, 0.25) is 0 Å². The van der Waals surface area contributed by atoms with Crippen molar-refractivity contribution in [3.05, 3.63) is 35.4 Å². The van der Waals surface area contributed by atoms with Crippen LogP contribution in [0.1, 0.15) is 24.5 Å². The topological polar surface area (TPSA) is 54.4 Å². The summed E-state index contributed by atoms with van der Waals surface area (Å²) in [6.45, 7) is 1.83. The summed E-state index contributed by atoms with van der Waals surface area (Å²) in [5.41, 5.74) is 1.70. The maximum atomic E-state index is 11.1. The molecule has 0 atom stereocenters. The number of carboxylic acid groups (broad SMARTS) is 1. The molecule has 0 unspecified atom stereocenters. The van der Waals surface area contributed by atoms with E-state index in [0.717, 1.165) is 11.1 Å². The van der Waals surface area contributed by atoms with Gasteiger partial charge in [0.05, 0.1) is 6.42 Å². The Balaban J connectivity index is 2.64. The molecule has 0 saturated heterocycles. The van der Waals surface area contributed by atoms with E-state index in [1.54, 1.807) is 12.1 Å². The number of hydrogen-bond acceptors (Lipinski definition) is 2. The molecular formula is C12H14O3. The minimum atomic E-state index is -0.840. The highest BCUT2D eigenvalue weighted by molar-refractivity contribution is 5.80. The maximum absolute atomic E-state index is 11.1. The second kappa shape index (κ2) is 5.29. The first-order valence-corrected chi connectivity index (χ1v) is 4.93. The van der Waals surface area contributed by atoms with E-state index in [0.29, 0.717) is 12.8 Å². The fraction of sp³-hybridized carbons (Fsp3) is 0.333. The SMILES string of the molecule is CCC(=O)Cc1ccc(CC(=O)O)cc1. The van der Waals surface area contributed by atoms with Gasteiger partial charge in [-0.25, -0.2) is 0 Å². The highest BCUT2D eigenvalue weighted by Crippen LogP contribution is 2.07. The van der Waals surface area contributed by atoms with Crippen molar-refractivity contribution in [3.63, 3.8) is 0 Å². The number of hydrogen-bond donors (Lipinski definition) is 1. The standard InChI is InChI=1S/C12H14O3/c1-2-11(13)7-9-3-5-10(6-4-9)8-12(14)15/h3-6H,2,7-8H2,1H3,(H,14,15). The van der Waals surface area contributed by atoms with Crippen LogP contribution in [0, 0.1) is 0 Å². The predicted octanol–water partition coefficient (Wildman–Crippen LogP) is 1.84. The molecule has 1 rings (SSSR count). The van der Waals surface area contributed by atoms with Crippen LogP contribution in [0.5, 0.6) is 0 Å². The third-order valence-corrected chi connectivity index (χ3v) is 2.17. The number of carbonyl (C=O) groups excluding carboxylic acids is 1. The van der Waals surface area contributed by atoms with Gasteiger partial charge in [0.15, 0.2) is 0 Å². The van der Waals surface area contributed by atoms with E-state index in [2.05, 4.69) is 0 Å². The summed E-state index contributed by atoms with van der Waals surface area (Å²) in [5, 5.41) is 8.57. The second-order valence-electron chi connectivity index (χ2n) is 3.46. The number of benzene rings is 1. The van der Waals surface area contributed by atoms with Crippen molar-refractivity contribution in [2.75, 3.05) is 0 Å². The molecule has 1 aromatic carbocycles. The second-order valence-corrected chi connectivity index (χ2v) is 3.46. The van der Waals surface area contributed by atoms with Gasteiger partial charge in [-0.3, -0.25) is 9.59 Å². The number of ketones is 1. The molecule has 0 aliphatic rings. The minimum Gasteiger partial charge on any atom is -0.481 e. The number of rotatable bonds is 5. The lowest BCUT2D eigenvalue weighted by atomic mass is 10.0. The summed E-state index contributed by atoms with van der Waals surface area (Å²) in [5.74, 6) is -0.645. The molecule has 0 saturated carbocycles. The molecule has 3 nitrogen and oxygen atoms in total. The summed E-state index contributed by atoms with van der Waals surface area (Å²) in [6.07, 6.45) is 1.00. The summed E-state index contributed by atoms with van der Waals surface area (Å²) < 4.78 is 0. The number of carbonyl (C=O) groups is 2. The minimum absolute atomic E-state index is 0.0298. The van der Waals surface area contributed by atoms with Crippen molar-refractivity contribution in [1.82, 2.24) is 0 Å². The highest BCUT2D eigenvalue weighted by atomic mass is 16.4. The molecule has 15 heavy (non-hydrogen) atoms. The molecule has 0 amide bonds. The van der Waals surface area contributed by atoms with Gasteiger partial charge in [0.1, 0.15) is 5.78 Å². The van der Waals surface area contributed by atoms with Gasteiger partial charge in [0.2, 0.25) is 0 Å². The normalized spacial score (nSPS) is 9.93. The van der Waals surface area contributed by atoms with Gasteiger partial charge < -0.3 is 5.11 Å². The molecule has 0 aliphatic heterocycles. The van der Waals surface area contributed by atoms with Crippen molar-refractivity contribution in [3.8, 4) is 0 Å². The van der Waals surface area contributed by atoms with E-state index in [4.69, 9.17) is 5.11 Å². The largest absolute Gasteiger partial charge is 0.481 e. The van der Waals surface area contributed by atoms with Crippen LogP contribution < -0.4 is 0 Å². The average Bonchev–Trinajstić information content (AvgIpc) is 2.20. The van der Waals surface area contributed by atoms with Crippen molar-refractivity contribution >= 4 is 11.8 Å². The summed E-state index contributed by atoms with van der Waals surface area (Å²) in [6, 6.07) is 7.14. The summed E-state index contributed by atoms with van der Waals surface area (Å²) >= 11 is 0. The molecule has 3 heteroatoms. The third kappa shape index (κ3) is 3.94. The predicted molar refractivity (Wildman–Crippen MR) is 56.8 cm³/mol. The van der Waals surface area contributed by atoms with Crippen LogP contribution in [0.15, 0.2) is 24.3 Å². The lowest BCUT2D eigenvalue weighted by Crippen LogP contribution is -2.02. The molecular weight excluding hydrogens is 192 g/mol. The summed E-state index contributed by atoms with van der Waals surface area (Å²) in [7, 11) is 0. The Morgan fingerprint density at radius 2 is 1.53 bits per heavy atom. The summed E-state index contributed by atoms with van der Waals surface area (Å²) in [4.78, 5) is 21.6. The van der Waals surface area contributed by atoms with Gasteiger partial charge in [-0.1, -0.05) is 31.2 Å². The number of Topliss-reactive ketones (excluding diaryl/α,β-unsaturated/α-hetero) is 1. The lowest BCUT2D eigenvalue weighted by molar-refractivity contribution is -0.136. The first-order valence-electron chi connectivity index (χ1n) is 4.93. The van der Waals surface area contributed by atoms with Crippen LogP contribution in [0.25, 0.3) is 0 Å². The smallest absolute Gasteiger partial charge is 0.307 e. The van der Waals surface area contributed by atoms with Gasteiger partial charge in [-0.05, 0) is 11.1 Å². The van der Waals surface area contributed by atoms with Gasteiger partial charge in [0.25, 0.3) is 0 Å². The molecule has 80 valence electrons. The molecule has 0 radical (unpaired) electrons. The fourth-order valence-corrected chi connectivity index (χ4v) is 1.30. The van der Waals surface area contributed by atoms with Crippen LogP contribution >= 0.6 is 0 Å². The Bertz CT molecular complexity index is 352. The third-order valence-electron chi connectivity index (χ3n) is 2.17. The van der Waals surface area contributed by atoms with E-state index >= 15 is 0 Å². The lowest BCUT2D eigenvalue weighted by Gasteiger charge is -2.01. The fourth-order valence-electron chi connectivity index (χ4n) is 1.30. The Hall–Kier alpha value is -1.64. The molecule has 0 aromatic heterocycles. The van der Waals surface area contributed by atoms with Gasteiger partial charge in [0, 0.05) is 12.8 Å². The van der Waals surface area contributed by atoms with Crippen molar-refractivity contribution in [2.24, 2.45) is 0 Å². The van der Waals surface area contributed by atoms with E-state index in [1.165, 1.54) is 0 Å². The van der Waals surface area contributed by atoms with Crippen molar-refractivity contribution in [2.45, 2.75) is 26.2 Å². The van der Waals surface area contributed by atoms with E-state index in [-0.39, 0.29) is 12.2 Å². The van der Waals surface area contributed by atoms with E-state index in [1.807, 2.05) is 19.1 Å². The first kappa shape index (κ1) is 11.4. The van der Waals surface area contributed by atoms with Gasteiger partial charge >= 0.3 is 5.97 Å². The zero-order valence-electron chi connectivity index (χ0n) is 8.69. The molecule has 0 heterocycles. The molecule has 0 spiro atoms. The van der Waals surface area contributed by atoms with Gasteiger partial charge in [-0.15, -0.1) is 0 Å². The van der Waals surface area contributed by atoms with Crippen molar-refractivity contribution < 1.29 is 14.7 Å². The van der Waals surface area contributed by atoms with Crippen molar-refractivity contribution in [1.29, 1.82) is 0 Å². The van der Waals surface area contributed by atoms with E-state index < -0.39 is 5.97 Å². The number of carboxylic acids is 1. The Morgan fingerprint density at radius 3 is 1.93 bits per heavy atom. The molecule has 1 N–H and O–H groups in total. The number of aliphatic carboxylic acids is 1. The maximum Gasteiger partial charge on any atom is 0.307 e. The zero-order chi connectivity index (χ0) is 11.3. The first-order chi connectivity index (χ1) is 7.11. The molecule has 0 aliphatic carbocycles.